The second-order valence-corrected chi connectivity index (χ2v) is 5.46. The number of hydrogen-bond acceptors (Lipinski definition) is 5. The van der Waals surface area contributed by atoms with Crippen molar-refractivity contribution in [3.05, 3.63) is 22.7 Å². The molecule has 1 rings (SSSR count). The molecule has 0 spiro atoms. The van der Waals surface area contributed by atoms with Gasteiger partial charge in [-0.2, -0.15) is 0 Å². The van der Waals surface area contributed by atoms with Crippen LogP contribution in [0, 0.1) is 0 Å². The molecule has 1 aromatic carbocycles. The second kappa shape index (κ2) is 10.8. The summed E-state index contributed by atoms with van der Waals surface area (Å²) in [6, 6.07) is 2.90. The summed E-state index contributed by atoms with van der Waals surface area (Å²) in [6.07, 6.45) is 3.03. The van der Waals surface area contributed by atoms with E-state index in [0.29, 0.717) is 24.7 Å². The van der Waals surface area contributed by atoms with Gasteiger partial charge in [0.25, 0.3) is 5.91 Å². The summed E-state index contributed by atoms with van der Waals surface area (Å²) in [4.78, 5) is 23.7. The average Bonchev–Trinajstić information content (AvgIpc) is 2.58. The van der Waals surface area contributed by atoms with E-state index in [-0.39, 0.29) is 23.1 Å². The van der Waals surface area contributed by atoms with E-state index in [2.05, 4.69) is 12.2 Å². The van der Waals surface area contributed by atoms with Crippen LogP contribution in [0.4, 0.5) is 0 Å². The maximum Gasteiger partial charge on any atom is 0.338 e. The van der Waals surface area contributed by atoms with Crippen molar-refractivity contribution in [2.75, 3.05) is 26.9 Å². The molecule has 134 valence electrons. The van der Waals surface area contributed by atoms with Gasteiger partial charge in [0.15, 0.2) is 18.1 Å². The molecule has 0 atom stereocenters. The molecule has 6 nitrogen and oxygen atoms in total. The number of esters is 1. The minimum Gasteiger partial charge on any atom is -0.493 e. The third-order valence-corrected chi connectivity index (χ3v) is 3.47. The number of hydrogen-bond donors (Lipinski definition) is 1. The molecule has 0 aliphatic carbocycles. The van der Waals surface area contributed by atoms with E-state index in [4.69, 9.17) is 25.8 Å². The third kappa shape index (κ3) is 6.28. The van der Waals surface area contributed by atoms with E-state index in [0.717, 1.165) is 19.3 Å². The molecule has 0 radical (unpaired) electrons. The molecule has 0 aromatic heterocycles. The first-order valence-electron chi connectivity index (χ1n) is 7.97. The largest absolute Gasteiger partial charge is 0.493 e. The van der Waals surface area contributed by atoms with Crippen LogP contribution in [0.25, 0.3) is 0 Å². The lowest BCUT2D eigenvalue weighted by atomic mass is 10.2. The number of amides is 1. The summed E-state index contributed by atoms with van der Waals surface area (Å²) in [5, 5.41) is 2.94. The molecule has 1 amide bonds. The van der Waals surface area contributed by atoms with Crippen molar-refractivity contribution >= 4 is 23.5 Å². The standard InChI is InChI=1S/C17H24ClNO5/c1-4-6-7-8-19-15(20)11-24-17(21)12-9-13(18)16(23-5-2)14(10-12)22-3/h9-10H,4-8,11H2,1-3H3,(H,19,20). The molecule has 7 heteroatoms. The first kappa shape index (κ1) is 20.1. The number of unbranched alkanes of at least 4 members (excludes halogenated alkanes) is 2. The van der Waals surface area contributed by atoms with Gasteiger partial charge in [-0.25, -0.2) is 4.79 Å². The minimum atomic E-state index is -0.651. The lowest BCUT2D eigenvalue weighted by Crippen LogP contribution is -2.29. The van der Waals surface area contributed by atoms with Crippen LogP contribution in [0.3, 0.4) is 0 Å². The molecule has 0 heterocycles. The van der Waals surface area contributed by atoms with Gasteiger partial charge in [0.1, 0.15) is 0 Å². The molecule has 0 aliphatic heterocycles. The summed E-state index contributed by atoms with van der Waals surface area (Å²) in [7, 11) is 1.45. The van der Waals surface area contributed by atoms with E-state index < -0.39 is 5.97 Å². The van der Waals surface area contributed by atoms with Gasteiger partial charge < -0.3 is 19.5 Å². The van der Waals surface area contributed by atoms with Crippen molar-refractivity contribution < 1.29 is 23.8 Å². The fraction of sp³-hybridized carbons (Fsp3) is 0.529. The van der Waals surface area contributed by atoms with Crippen molar-refractivity contribution in [3.8, 4) is 11.5 Å². The Bertz CT molecular complexity index is 562. The zero-order valence-electron chi connectivity index (χ0n) is 14.3. The molecule has 0 aliphatic rings. The summed E-state index contributed by atoms with van der Waals surface area (Å²) < 4.78 is 15.6. The predicted octanol–water partition coefficient (Wildman–Crippen LogP) is 3.21. The van der Waals surface area contributed by atoms with Gasteiger partial charge >= 0.3 is 5.97 Å². The number of carbonyl (C=O) groups excluding carboxylic acids is 2. The van der Waals surface area contributed by atoms with Crippen LogP contribution < -0.4 is 14.8 Å². The predicted molar refractivity (Wildman–Crippen MR) is 92.0 cm³/mol. The Morgan fingerprint density at radius 3 is 2.58 bits per heavy atom. The molecule has 24 heavy (non-hydrogen) atoms. The number of halogens is 1. The summed E-state index contributed by atoms with van der Waals surface area (Å²) in [5.74, 6) is -0.280. The highest BCUT2D eigenvalue weighted by Crippen LogP contribution is 2.36. The number of rotatable bonds is 10. The Morgan fingerprint density at radius 1 is 1.21 bits per heavy atom. The van der Waals surface area contributed by atoms with Crippen LogP contribution in [-0.4, -0.2) is 38.7 Å². The Balaban J connectivity index is 2.61. The second-order valence-electron chi connectivity index (χ2n) is 5.06. The van der Waals surface area contributed by atoms with Gasteiger partial charge in [0.2, 0.25) is 0 Å². The van der Waals surface area contributed by atoms with Gasteiger partial charge in [-0.05, 0) is 25.5 Å². The van der Waals surface area contributed by atoms with Gasteiger partial charge in [0.05, 0.1) is 24.3 Å². The molecule has 0 saturated carbocycles. The number of methoxy groups -OCH3 is 1. The monoisotopic (exact) mass is 357 g/mol. The van der Waals surface area contributed by atoms with Gasteiger partial charge in [-0.1, -0.05) is 31.4 Å². The van der Waals surface area contributed by atoms with E-state index in [1.165, 1.54) is 19.2 Å². The SMILES string of the molecule is CCCCCNC(=O)COC(=O)c1cc(Cl)c(OCC)c(OC)c1. The molecule has 0 bridgehead atoms. The Kier molecular flexibility index (Phi) is 9.01. The molecular formula is C17H24ClNO5. The van der Waals surface area contributed by atoms with E-state index in [1.807, 2.05) is 6.92 Å². The summed E-state index contributed by atoms with van der Waals surface area (Å²) in [6.45, 7) is 4.56. The average molecular weight is 358 g/mol. The first-order valence-corrected chi connectivity index (χ1v) is 8.35. The van der Waals surface area contributed by atoms with Gasteiger partial charge in [-0.3, -0.25) is 4.79 Å². The number of nitrogens with one attached hydrogen (secondary N) is 1. The zero-order valence-corrected chi connectivity index (χ0v) is 15.1. The Hall–Kier alpha value is -1.95. The van der Waals surface area contributed by atoms with Crippen molar-refractivity contribution in [3.63, 3.8) is 0 Å². The fourth-order valence-corrected chi connectivity index (χ4v) is 2.26. The number of carbonyl (C=O) groups is 2. The zero-order chi connectivity index (χ0) is 17.9. The van der Waals surface area contributed by atoms with Gasteiger partial charge in [-0.15, -0.1) is 0 Å². The smallest absolute Gasteiger partial charge is 0.338 e. The van der Waals surface area contributed by atoms with E-state index in [9.17, 15) is 9.59 Å². The normalized spacial score (nSPS) is 10.2. The number of benzene rings is 1. The lowest BCUT2D eigenvalue weighted by Gasteiger charge is -2.13. The molecular weight excluding hydrogens is 334 g/mol. The van der Waals surface area contributed by atoms with Crippen LogP contribution in [0.2, 0.25) is 5.02 Å². The Labute approximate surface area is 147 Å². The topological polar surface area (TPSA) is 73.9 Å². The third-order valence-electron chi connectivity index (χ3n) is 3.19. The highest BCUT2D eigenvalue weighted by molar-refractivity contribution is 6.32. The number of ether oxygens (including phenoxy) is 3. The van der Waals surface area contributed by atoms with Crippen molar-refractivity contribution in [2.24, 2.45) is 0 Å². The summed E-state index contributed by atoms with van der Waals surface area (Å²) >= 11 is 6.11. The van der Waals surface area contributed by atoms with Crippen LogP contribution in [0.5, 0.6) is 11.5 Å². The van der Waals surface area contributed by atoms with Crippen LogP contribution in [0.1, 0.15) is 43.5 Å². The maximum absolute atomic E-state index is 12.1. The molecule has 1 aromatic rings. The first-order chi connectivity index (χ1) is 11.5. The van der Waals surface area contributed by atoms with Crippen LogP contribution in [-0.2, 0) is 9.53 Å². The van der Waals surface area contributed by atoms with E-state index >= 15 is 0 Å². The Morgan fingerprint density at radius 2 is 1.96 bits per heavy atom. The van der Waals surface area contributed by atoms with Crippen LogP contribution in [0.15, 0.2) is 12.1 Å². The summed E-state index contributed by atoms with van der Waals surface area (Å²) in [5.41, 5.74) is 0.194. The van der Waals surface area contributed by atoms with Crippen molar-refractivity contribution in [2.45, 2.75) is 33.1 Å². The minimum absolute atomic E-state index is 0.194. The molecule has 1 N–H and O–H groups in total. The maximum atomic E-state index is 12.1. The van der Waals surface area contributed by atoms with Crippen molar-refractivity contribution in [1.82, 2.24) is 5.32 Å². The van der Waals surface area contributed by atoms with Crippen molar-refractivity contribution in [1.29, 1.82) is 0 Å². The quantitative estimate of drug-likeness (QED) is 0.514. The molecule has 0 saturated heterocycles. The highest BCUT2D eigenvalue weighted by atomic mass is 35.5. The molecule has 0 unspecified atom stereocenters. The fourth-order valence-electron chi connectivity index (χ4n) is 1.99. The highest BCUT2D eigenvalue weighted by Gasteiger charge is 2.17. The van der Waals surface area contributed by atoms with Gasteiger partial charge in [0, 0.05) is 6.54 Å². The van der Waals surface area contributed by atoms with E-state index in [1.54, 1.807) is 0 Å². The van der Waals surface area contributed by atoms with Crippen LogP contribution >= 0.6 is 11.6 Å². The molecule has 0 fully saturated rings. The lowest BCUT2D eigenvalue weighted by molar-refractivity contribution is -0.124.